The zero-order valence-electron chi connectivity index (χ0n) is 16.0. The summed E-state index contributed by atoms with van der Waals surface area (Å²) in [5.74, 6) is -0.887. The molecule has 0 radical (unpaired) electrons. The second-order valence-corrected chi connectivity index (χ2v) is 6.69. The molecule has 0 N–H and O–H groups in total. The quantitative estimate of drug-likeness (QED) is 0.630. The van der Waals surface area contributed by atoms with Crippen LogP contribution >= 0.6 is 0 Å². The molecule has 0 unspecified atom stereocenters. The number of carbonyl (C=O) groups excluding carboxylic acids is 2. The molecule has 7 heteroatoms. The Morgan fingerprint density at radius 3 is 2.48 bits per heavy atom. The van der Waals surface area contributed by atoms with E-state index in [-0.39, 0.29) is 12.5 Å². The second kappa shape index (κ2) is 8.10. The van der Waals surface area contributed by atoms with Crippen molar-refractivity contribution in [2.75, 3.05) is 13.2 Å². The van der Waals surface area contributed by atoms with E-state index < -0.39 is 5.97 Å². The maximum absolute atomic E-state index is 12.3. The molecule has 29 heavy (non-hydrogen) atoms. The monoisotopic (exact) mass is 388 g/mol. The number of esters is 1. The number of hydrogen-bond donors (Lipinski definition) is 0. The molecule has 1 aromatic heterocycles. The molecule has 0 aliphatic carbocycles. The highest BCUT2D eigenvalue weighted by Gasteiger charge is 2.22. The van der Waals surface area contributed by atoms with Gasteiger partial charge in [-0.1, -0.05) is 30.3 Å². The predicted octanol–water partition coefficient (Wildman–Crippen LogP) is 2.97. The molecule has 1 aliphatic heterocycles. The van der Waals surface area contributed by atoms with Gasteiger partial charge in [0.05, 0.1) is 23.5 Å². The lowest BCUT2D eigenvalue weighted by Crippen LogP contribution is -2.28. The fourth-order valence-corrected chi connectivity index (χ4v) is 3.13. The molecule has 2 heterocycles. The van der Waals surface area contributed by atoms with E-state index in [0.29, 0.717) is 18.5 Å². The largest absolute Gasteiger partial charge is 0.452 e. The van der Waals surface area contributed by atoms with Gasteiger partial charge in [-0.05, 0) is 42.8 Å². The van der Waals surface area contributed by atoms with Crippen LogP contribution in [0.25, 0.3) is 5.69 Å². The summed E-state index contributed by atoms with van der Waals surface area (Å²) in [5, 5.41) is 9.95. The maximum atomic E-state index is 12.3. The number of nitrogens with zero attached hydrogens (tertiary/aromatic N) is 4. The molecule has 0 atom stereocenters. The van der Waals surface area contributed by atoms with Crippen LogP contribution in [-0.4, -0.2) is 45.5 Å². The van der Waals surface area contributed by atoms with Gasteiger partial charge < -0.3 is 4.74 Å². The lowest BCUT2D eigenvalue weighted by atomic mass is 10.1. The number of aromatic nitrogens is 2. The molecular weight excluding hydrogens is 368 g/mol. The number of ether oxygens (including phenoxy) is 1. The molecule has 1 aliphatic rings. The van der Waals surface area contributed by atoms with Crippen molar-refractivity contribution in [2.24, 2.45) is 5.10 Å². The number of amides is 1. The van der Waals surface area contributed by atoms with E-state index in [0.717, 1.165) is 22.7 Å². The van der Waals surface area contributed by atoms with E-state index >= 15 is 0 Å². The molecule has 2 aromatic carbocycles. The Hall–Kier alpha value is -3.74. The number of rotatable bonds is 5. The second-order valence-electron chi connectivity index (χ2n) is 6.69. The predicted molar refractivity (Wildman–Crippen MR) is 108 cm³/mol. The molecular formula is C22H20N4O3. The Kier molecular flexibility index (Phi) is 5.20. The summed E-state index contributed by atoms with van der Waals surface area (Å²) in [7, 11) is 0. The molecule has 0 fully saturated rings. The average molecular weight is 388 g/mol. The Bertz CT molecular complexity index is 1060. The average Bonchev–Trinajstić information content (AvgIpc) is 3.42. The molecule has 0 spiro atoms. The fraction of sp³-hybridized carbons (Fsp3) is 0.182. The van der Waals surface area contributed by atoms with Crippen LogP contribution < -0.4 is 0 Å². The van der Waals surface area contributed by atoms with E-state index in [1.165, 1.54) is 5.01 Å². The third-order valence-corrected chi connectivity index (χ3v) is 4.70. The Labute approximate surface area is 168 Å². The van der Waals surface area contributed by atoms with Gasteiger partial charge in [0.25, 0.3) is 5.91 Å². The van der Waals surface area contributed by atoms with Crippen molar-refractivity contribution in [3.05, 3.63) is 83.7 Å². The van der Waals surface area contributed by atoms with E-state index in [2.05, 4.69) is 10.2 Å². The van der Waals surface area contributed by atoms with E-state index in [4.69, 9.17) is 4.74 Å². The van der Waals surface area contributed by atoms with E-state index in [9.17, 15) is 9.59 Å². The zero-order chi connectivity index (χ0) is 20.2. The van der Waals surface area contributed by atoms with Crippen LogP contribution in [0.4, 0.5) is 0 Å². The van der Waals surface area contributed by atoms with E-state index in [1.54, 1.807) is 35.1 Å². The van der Waals surface area contributed by atoms with Gasteiger partial charge in [0.1, 0.15) is 0 Å². The van der Waals surface area contributed by atoms with Gasteiger partial charge in [-0.25, -0.2) is 14.5 Å². The Balaban J connectivity index is 1.34. The van der Waals surface area contributed by atoms with Crippen molar-refractivity contribution in [1.29, 1.82) is 0 Å². The lowest BCUT2D eigenvalue weighted by molar-refractivity contribution is -0.134. The summed E-state index contributed by atoms with van der Waals surface area (Å²) < 4.78 is 6.95. The molecule has 1 amide bonds. The van der Waals surface area contributed by atoms with E-state index in [1.807, 2.05) is 43.3 Å². The van der Waals surface area contributed by atoms with Crippen molar-refractivity contribution in [2.45, 2.75) is 13.3 Å². The van der Waals surface area contributed by atoms with Gasteiger partial charge in [0.2, 0.25) is 0 Å². The molecule has 4 rings (SSSR count). The maximum Gasteiger partial charge on any atom is 0.338 e. The molecule has 146 valence electrons. The molecule has 7 nitrogen and oxygen atoms in total. The van der Waals surface area contributed by atoms with Gasteiger partial charge in [0, 0.05) is 18.3 Å². The third-order valence-electron chi connectivity index (χ3n) is 4.70. The molecule has 0 saturated carbocycles. The first-order valence-electron chi connectivity index (χ1n) is 9.33. The van der Waals surface area contributed by atoms with Crippen LogP contribution in [0.5, 0.6) is 0 Å². The first-order valence-corrected chi connectivity index (χ1v) is 9.33. The van der Waals surface area contributed by atoms with Crippen LogP contribution in [0.2, 0.25) is 0 Å². The molecule has 3 aromatic rings. The van der Waals surface area contributed by atoms with Gasteiger partial charge >= 0.3 is 5.97 Å². The highest BCUT2D eigenvalue weighted by Crippen LogP contribution is 2.15. The van der Waals surface area contributed by atoms with Gasteiger partial charge in [-0.3, -0.25) is 4.79 Å². The summed E-state index contributed by atoms with van der Waals surface area (Å²) in [5.41, 5.74) is 4.07. The van der Waals surface area contributed by atoms with Crippen molar-refractivity contribution >= 4 is 17.6 Å². The van der Waals surface area contributed by atoms with Gasteiger partial charge in [-0.2, -0.15) is 10.2 Å². The summed E-state index contributed by atoms with van der Waals surface area (Å²) in [6, 6.07) is 18.5. The molecule has 0 saturated heterocycles. The summed E-state index contributed by atoms with van der Waals surface area (Å²) >= 11 is 0. The number of hydrazone groups is 1. The van der Waals surface area contributed by atoms with Crippen molar-refractivity contribution in [3.8, 4) is 5.69 Å². The normalized spacial score (nSPS) is 13.3. The lowest BCUT2D eigenvalue weighted by Gasteiger charge is -2.12. The van der Waals surface area contributed by atoms with Crippen LogP contribution in [0.15, 0.2) is 72.0 Å². The molecule has 0 bridgehead atoms. The van der Waals surface area contributed by atoms with Crippen molar-refractivity contribution < 1.29 is 14.3 Å². The van der Waals surface area contributed by atoms with Gasteiger partial charge in [0.15, 0.2) is 6.61 Å². The number of benzene rings is 2. The minimum absolute atomic E-state index is 0.340. The topological polar surface area (TPSA) is 76.8 Å². The Morgan fingerprint density at radius 1 is 1.03 bits per heavy atom. The zero-order valence-corrected chi connectivity index (χ0v) is 16.0. The third kappa shape index (κ3) is 4.08. The SMILES string of the molecule is Cc1ccnn1-c1ccc(C(=O)OCC(=O)N2CCC(c3ccccc3)=N2)cc1. The first kappa shape index (κ1) is 18.6. The minimum Gasteiger partial charge on any atom is -0.452 e. The van der Waals surface area contributed by atoms with Crippen molar-refractivity contribution in [3.63, 3.8) is 0 Å². The summed E-state index contributed by atoms with van der Waals surface area (Å²) in [4.78, 5) is 24.6. The van der Waals surface area contributed by atoms with Crippen LogP contribution in [-0.2, 0) is 9.53 Å². The first-order chi connectivity index (χ1) is 14.1. The summed E-state index contributed by atoms with van der Waals surface area (Å²) in [6.07, 6.45) is 2.39. The van der Waals surface area contributed by atoms with Crippen molar-refractivity contribution in [1.82, 2.24) is 14.8 Å². The fourth-order valence-electron chi connectivity index (χ4n) is 3.13. The van der Waals surface area contributed by atoms with Crippen LogP contribution in [0.3, 0.4) is 0 Å². The smallest absolute Gasteiger partial charge is 0.338 e. The van der Waals surface area contributed by atoms with Gasteiger partial charge in [-0.15, -0.1) is 0 Å². The minimum atomic E-state index is -0.548. The number of carbonyl (C=O) groups is 2. The Morgan fingerprint density at radius 2 is 1.79 bits per heavy atom. The van der Waals surface area contributed by atoms with Crippen LogP contribution in [0.1, 0.15) is 28.0 Å². The summed E-state index contributed by atoms with van der Waals surface area (Å²) in [6.45, 7) is 2.09. The standard InChI is InChI=1S/C22H20N4O3/c1-16-11-13-23-26(16)19-9-7-18(8-10-19)22(28)29-15-21(27)25-14-12-20(24-25)17-5-3-2-4-6-17/h2-11,13H,12,14-15H2,1H3. The number of hydrogen-bond acceptors (Lipinski definition) is 5. The highest BCUT2D eigenvalue weighted by atomic mass is 16.5. The highest BCUT2D eigenvalue weighted by molar-refractivity contribution is 6.02. The number of aryl methyl sites for hydroxylation is 1. The van der Waals surface area contributed by atoms with Crippen LogP contribution in [0, 0.1) is 6.92 Å².